The summed E-state index contributed by atoms with van der Waals surface area (Å²) in [6, 6.07) is -0.00863. The van der Waals surface area contributed by atoms with Crippen LogP contribution in [0.2, 0.25) is 0 Å². The fourth-order valence-corrected chi connectivity index (χ4v) is 2.03. The molecule has 0 aliphatic heterocycles. The third kappa shape index (κ3) is 2.00. The monoisotopic (exact) mass is 235 g/mol. The number of aromatic nitrogens is 3. The van der Waals surface area contributed by atoms with E-state index in [1.165, 1.54) is 11.7 Å². The lowest BCUT2D eigenvalue weighted by Crippen LogP contribution is -2.09. The topological polar surface area (TPSA) is 74.1 Å². The van der Waals surface area contributed by atoms with Crippen molar-refractivity contribution in [2.75, 3.05) is 7.11 Å². The first kappa shape index (κ1) is 10.5. The predicted molar refractivity (Wildman–Crippen MR) is 47.3 cm³/mol. The van der Waals surface area contributed by atoms with E-state index in [1.807, 2.05) is 0 Å². The first-order valence-corrected chi connectivity index (χ1v) is 5.79. The Balaban J connectivity index is 2.47. The smallest absolute Gasteiger partial charge is 0.368 e. The number of ether oxygens (including phenoxy) is 1. The van der Waals surface area contributed by atoms with Gasteiger partial charge in [-0.3, -0.25) is 4.57 Å². The highest BCUT2D eigenvalue weighted by Crippen LogP contribution is 2.37. The van der Waals surface area contributed by atoms with Crippen molar-refractivity contribution in [3.05, 3.63) is 5.82 Å². The maximum atomic E-state index is 12.8. The van der Waals surface area contributed by atoms with Crippen LogP contribution in [-0.2, 0) is 21.6 Å². The van der Waals surface area contributed by atoms with Crippen LogP contribution in [0, 0.1) is 0 Å². The molecule has 0 spiro atoms. The Morgan fingerprint density at radius 3 is 2.67 bits per heavy atom. The molecule has 15 heavy (non-hydrogen) atoms. The van der Waals surface area contributed by atoms with E-state index in [2.05, 4.69) is 10.2 Å². The molecule has 1 heterocycles. The summed E-state index contributed by atoms with van der Waals surface area (Å²) < 4.78 is 40.5. The lowest BCUT2D eigenvalue weighted by atomic mass is 10.6. The molecule has 1 fully saturated rings. The van der Waals surface area contributed by atoms with Gasteiger partial charge < -0.3 is 4.74 Å². The van der Waals surface area contributed by atoms with Crippen molar-refractivity contribution in [2.45, 2.75) is 30.6 Å². The van der Waals surface area contributed by atoms with Gasteiger partial charge in [0, 0.05) is 13.2 Å². The molecule has 1 saturated carbocycles. The normalized spacial score (nSPS) is 16.9. The fraction of sp³-hybridized carbons (Fsp3) is 0.714. The zero-order valence-electron chi connectivity index (χ0n) is 8.05. The van der Waals surface area contributed by atoms with E-state index in [1.54, 1.807) is 0 Å². The van der Waals surface area contributed by atoms with Gasteiger partial charge >= 0.3 is 10.2 Å². The quantitative estimate of drug-likeness (QED) is 0.707. The van der Waals surface area contributed by atoms with Gasteiger partial charge in [-0.25, -0.2) is 0 Å². The molecule has 6 nitrogen and oxygen atoms in total. The van der Waals surface area contributed by atoms with E-state index in [9.17, 15) is 12.3 Å². The van der Waals surface area contributed by atoms with Crippen LogP contribution in [0.4, 0.5) is 3.89 Å². The van der Waals surface area contributed by atoms with E-state index in [0.29, 0.717) is 5.82 Å². The zero-order chi connectivity index (χ0) is 11.1. The van der Waals surface area contributed by atoms with Crippen LogP contribution in [0.15, 0.2) is 5.16 Å². The summed E-state index contributed by atoms with van der Waals surface area (Å²) >= 11 is 0. The Morgan fingerprint density at radius 2 is 2.20 bits per heavy atom. The standard InChI is InChI=1S/C7H10FN3O3S/c1-14-4-6-9-10-7(15(8,12)13)11(6)5-2-3-5/h5H,2-4H2,1H3. The van der Waals surface area contributed by atoms with E-state index in [0.717, 1.165) is 12.8 Å². The van der Waals surface area contributed by atoms with Gasteiger partial charge in [-0.2, -0.15) is 8.42 Å². The Hall–Kier alpha value is -1.02. The number of rotatable bonds is 4. The van der Waals surface area contributed by atoms with Crippen molar-refractivity contribution in [1.29, 1.82) is 0 Å². The molecule has 1 aliphatic rings. The van der Waals surface area contributed by atoms with Gasteiger partial charge in [0.15, 0.2) is 5.82 Å². The van der Waals surface area contributed by atoms with Crippen LogP contribution in [-0.4, -0.2) is 30.3 Å². The van der Waals surface area contributed by atoms with Crippen molar-refractivity contribution in [2.24, 2.45) is 0 Å². The second-order valence-corrected chi connectivity index (χ2v) is 4.61. The fourth-order valence-electron chi connectivity index (χ4n) is 1.40. The third-order valence-electron chi connectivity index (χ3n) is 2.14. The molecule has 0 aromatic carbocycles. The maximum absolute atomic E-state index is 12.8. The maximum Gasteiger partial charge on any atom is 0.368 e. The molecule has 0 atom stereocenters. The number of halogens is 1. The van der Waals surface area contributed by atoms with Gasteiger partial charge in [-0.05, 0) is 12.8 Å². The third-order valence-corrected chi connectivity index (χ3v) is 2.85. The SMILES string of the molecule is COCc1nnc(S(=O)(=O)F)n1C1CC1. The van der Waals surface area contributed by atoms with E-state index < -0.39 is 15.4 Å². The second kappa shape index (κ2) is 3.53. The van der Waals surface area contributed by atoms with Gasteiger partial charge in [0.05, 0.1) is 0 Å². The molecule has 0 bridgehead atoms. The summed E-state index contributed by atoms with van der Waals surface area (Å²) in [7, 11) is -3.35. The summed E-state index contributed by atoms with van der Waals surface area (Å²) in [6.07, 6.45) is 1.63. The van der Waals surface area contributed by atoms with E-state index >= 15 is 0 Å². The number of hydrogen-bond donors (Lipinski definition) is 0. The second-order valence-electron chi connectivity index (χ2n) is 3.37. The van der Waals surface area contributed by atoms with Gasteiger partial charge in [-0.1, -0.05) is 3.89 Å². The molecule has 0 saturated heterocycles. The van der Waals surface area contributed by atoms with Crippen molar-refractivity contribution in [1.82, 2.24) is 14.8 Å². The Labute approximate surface area is 86.3 Å². The molecule has 8 heteroatoms. The lowest BCUT2D eigenvalue weighted by Gasteiger charge is -2.05. The molecule has 84 valence electrons. The van der Waals surface area contributed by atoms with Crippen molar-refractivity contribution >= 4 is 10.2 Å². The highest BCUT2D eigenvalue weighted by atomic mass is 32.3. The molecule has 1 aliphatic carbocycles. The highest BCUT2D eigenvalue weighted by molar-refractivity contribution is 7.86. The molecule has 0 unspecified atom stereocenters. The minimum atomic E-state index is -4.80. The van der Waals surface area contributed by atoms with Gasteiger partial charge in [0.2, 0.25) is 0 Å². The summed E-state index contributed by atoms with van der Waals surface area (Å²) in [5.74, 6) is 0.344. The Morgan fingerprint density at radius 1 is 1.53 bits per heavy atom. The summed E-state index contributed by atoms with van der Waals surface area (Å²) in [4.78, 5) is 0. The highest BCUT2D eigenvalue weighted by Gasteiger charge is 2.34. The lowest BCUT2D eigenvalue weighted by molar-refractivity contribution is 0.173. The van der Waals surface area contributed by atoms with Gasteiger partial charge in [0.1, 0.15) is 6.61 Å². The molecule has 0 radical (unpaired) electrons. The Kier molecular flexibility index (Phi) is 2.47. The average Bonchev–Trinajstić information content (AvgIpc) is 2.87. The first-order chi connectivity index (χ1) is 7.04. The van der Waals surface area contributed by atoms with Crippen LogP contribution in [0.1, 0.15) is 24.7 Å². The number of nitrogens with zero attached hydrogens (tertiary/aromatic N) is 3. The van der Waals surface area contributed by atoms with Crippen molar-refractivity contribution in [3.8, 4) is 0 Å². The molecule has 2 rings (SSSR count). The molecular weight excluding hydrogens is 225 g/mol. The molecule has 0 amide bonds. The van der Waals surface area contributed by atoms with Crippen molar-refractivity contribution in [3.63, 3.8) is 0 Å². The minimum absolute atomic E-state index is 0.00863. The number of hydrogen-bond acceptors (Lipinski definition) is 5. The van der Waals surface area contributed by atoms with Gasteiger partial charge in [0.25, 0.3) is 5.16 Å². The zero-order valence-corrected chi connectivity index (χ0v) is 8.87. The summed E-state index contributed by atoms with van der Waals surface area (Å²) in [6.45, 7) is 0.124. The largest absolute Gasteiger partial charge is 0.377 e. The van der Waals surface area contributed by atoms with Crippen LogP contribution >= 0.6 is 0 Å². The van der Waals surface area contributed by atoms with Crippen LogP contribution in [0.5, 0.6) is 0 Å². The molecule has 0 N–H and O–H groups in total. The summed E-state index contributed by atoms with van der Waals surface area (Å²) in [5.41, 5.74) is 0. The van der Waals surface area contributed by atoms with Crippen LogP contribution < -0.4 is 0 Å². The van der Waals surface area contributed by atoms with Crippen LogP contribution in [0.3, 0.4) is 0 Å². The molecule has 1 aromatic rings. The van der Waals surface area contributed by atoms with E-state index in [-0.39, 0.29) is 12.6 Å². The molecular formula is C7H10FN3O3S. The first-order valence-electron chi connectivity index (χ1n) is 4.41. The van der Waals surface area contributed by atoms with Crippen molar-refractivity contribution < 1.29 is 17.0 Å². The van der Waals surface area contributed by atoms with Crippen LogP contribution in [0.25, 0.3) is 0 Å². The molecule has 1 aromatic heterocycles. The van der Waals surface area contributed by atoms with Gasteiger partial charge in [-0.15, -0.1) is 10.2 Å². The predicted octanol–water partition coefficient (Wildman–Crippen LogP) is 0.418. The number of methoxy groups -OCH3 is 1. The minimum Gasteiger partial charge on any atom is -0.377 e. The Bertz CT molecular complexity index is 466. The average molecular weight is 235 g/mol. The van der Waals surface area contributed by atoms with E-state index in [4.69, 9.17) is 4.74 Å². The summed E-state index contributed by atoms with van der Waals surface area (Å²) in [5, 5.41) is 6.33.